The van der Waals surface area contributed by atoms with Crippen LogP contribution in [-0.2, 0) is 4.79 Å². The summed E-state index contributed by atoms with van der Waals surface area (Å²) in [5, 5.41) is 20.1. The van der Waals surface area contributed by atoms with Crippen LogP contribution in [0.25, 0.3) is 0 Å². The van der Waals surface area contributed by atoms with Crippen LogP contribution in [0.1, 0.15) is 12.8 Å². The second-order valence-electron chi connectivity index (χ2n) is 4.67. The van der Waals surface area contributed by atoms with Gasteiger partial charge in [0.05, 0.1) is 4.92 Å². The van der Waals surface area contributed by atoms with Gasteiger partial charge >= 0.3 is 11.7 Å². The van der Waals surface area contributed by atoms with Gasteiger partial charge in [-0.15, -0.1) is 0 Å². The lowest BCUT2D eigenvalue weighted by atomic mass is 10.1. The maximum Gasteiger partial charge on any atom is 0.329 e. The molecule has 1 saturated carbocycles. The van der Waals surface area contributed by atoms with Gasteiger partial charge in [-0.1, -0.05) is 0 Å². The molecule has 0 spiro atoms. The molecular weight excluding hydrogens is 276 g/mol. The van der Waals surface area contributed by atoms with Gasteiger partial charge in [-0.2, -0.15) is 4.98 Å². The fourth-order valence-corrected chi connectivity index (χ4v) is 2.77. The van der Waals surface area contributed by atoms with E-state index < -0.39 is 16.9 Å². The monoisotopic (exact) mass is 284 g/mol. The number of halogens is 1. The van der Waals surface area contributed by atoms with Crippen molar-refractivity contribution in [2.45, 2.75) is 24.9 Å². The van der Waals surface area contributed by atoms with E-state index in [1.807, 2.05) is 0 Å². The van der Waals surface area contributed by atoms with Gasteiger partial charge in [-0.25, -0.2) is 9.78 Å². The molecule has 19 heavy (non-hydrogen) atoms. The zero-order valence-corrected chi connectivity index (χ0v) is 10.3. The Morgan fingerprint density at radius 2 is 2.32 bits per heavy atom. The van der Waals surface area contributed by atoms with Gasteiger partial charge in [-0.3, -0.25) is 10.1 Å². The first kappa shape index (κ1) is 12.1. The predicted molar refractivity (Wildman–Crippen MR) is 64.1 cm³/mol. The fraction of sp³-hybridized carbons (Fsp3) is 0.500. The lowest BCUT2D eigenvalue weighted by molar-refractivity contribution is -0.384. The standard InChI is InChI=1S/C10H9ClN4O4/c11-10-12-3-7(15(18)19)8(13-10)14-5-1-4(5)2-6(14)9(16)17/h3-6H,1-2H2,(H,16,17). The molecule has 0 bridgehead atoms. The van der Waals surface area contributed by atoms with Crippen LogP contribution in [-0.4, -0.2) is 38.1 Å². The smallest absolute Gasteiger partial charge is 0.329 e. The molecule has 2 aliphatic rings. The van der Waals surface area contributed by atoms with Gasteiger partial charge in [0.15, 0.2) is 0 Å². The molecule has 1 aliphatic heterocycles. The zero-order chi connectivity index (χ0) is 13.7. The third-order valence-electron chi connectivity index (χ3n) is 3.55. The summed E-state index contributed by atoms with van der Waals surface area (Å²) in [7, 11) is 0. The first-order valence-corrected chi connectivity index (χ1v) is 6.05. The molecule has 2 fully saturated rings. The summed E-state index contributed by atoms with van der Waals surface area (Å²) in [5.74, 6) is -0.729. The van der Waals surface area contributed by atoms with E-state index in [9.17, 15) is 20.0 Å². The number of fused-ring (bicyclic) bond motifs is 1. The van der Waals surface area contributed by atoms with Gasteiger partial charge in [0, 0.05) is 6.04 Å². The Kier molecular flexibility index (Phi) is 2.56. The Hall–Kier alpha value is -1.96. The number of nitrogens with zero attached hydrogens (tertiary/aromatic N) is 4. The Bertz CT molecular complexity index is 581. The van der Waals surface area contributed by atoms with E-state index in [-0.39, 0.29) is 28.7 Å². The number of hydrogen-bond acceptors (Lipinski definition) is 6. The second kappa shape index (κ2) is 4.02. The van der Waals surface area contributed by atoms with E-state index in [4.69, 9.17) is 11.6 Å². The molecule has 0 aromatic carbocycles. The minimum Gasteiger partial charge on any atom is -0.480 e. The van der Waals surface area contributed by atoms with Crippen LogP contribution < -0.4 is 4.90 Å². The van der Waals surface area contributed by atoms with E-state index in [1.54, 1.807) is 0 Å². The van der Waals surface area contributed by atoms with Gasteiger partial charge in [0.25, 0.3) is 0 Å². The number of piperidine rings is 1. The average Bonchev–Trinajstić information content (AvgIpc) is 2.99. The zero-order valence-electron chi connectivity index (χ0n) is 9.56. The van der Waals surface area contributed by atoms with Gasteiger partial charge < -0.3 is 10.0 Å². The number of hydrogen-bond donors (Lipinski definition) is 1. The van der Waals surface area contributed by atoms with Crippen molar-refractivity contribution >= 4 is 29.1 Å². The number of nitro groups is 1. The summed E-state index contributed by atoms with van der Waals surface area (Å²) < 4.78 is 0. The van der Waals surface area contributed by atoms with Crippen LogP contribution in [0.4, 0.5) is 11.5 Å². The van der Waals surface area contributed by atoms with Crippen molar-refractivity contribution in [3.05, 3.63) is 21.6 Å². The third-order valence-corrected chi connectivity index (χ3v) is 3.73. The summed E-state index contributed by atoms with van der Waals surface area (Å²) in [6.07, 6.45) is 2.33. The molecule has 8 nitrogen and oxygen atoms in total. The Morgan fingerprint density at radius 3 is 2.95 bits per heavy atom. The molecule has 1 aromatic rings. The van der Waals surface area contributed by atoms with Crippen molar-refractivity contribution in [2.75, 3.05) is 4.90 Å². The van der Waals surface area contributed by atoms with Gasteiger partial charge in [0.1, 0.15) is 12.2 Å². The van der Waals surface area contributed by atoms with Crippen LogP contribution in [0.15, 0.2) is 6.20 Å². The van der Waals surface area contributed by atoms with E-state index in [0.29, 0.717) is 6.42 Å². The van der Waals surface area contributed by atoms with Crippen LogP contribution in [0.2, 0.25) is 5.28 Å². The lowest BCUT2D eigenvalue weighted by Crippen LogP contribution is -2.39. The molecule has 1 aromatic heterocycles. The third kappa shape index (κ3) is 1.88. The quantitative estimate of drug-likeness (QED) is 0.502. The van der Waals surface area contributed by atoms with E-state index in [1.165, 1.54) is 4.90 Å². The maximum atomic E-state index is 11.2. The molecular formula is C10H9ClN4O4. The van der Waals surface area contributed by atoms with E-state index in [0.717, 1.165) is 12.6 Å². The van der Waals surface area contributed by atoms with Crippen molar-refractivity contribution in [3.63, 3.8) is 0 Å². The molecule has 1 aliphatic carbocycles. The van der Waals surface area contributed by atoms with Crippen molar-refractivity contribution < 1.29 is 14.8 Å². The summed E-state index contributed by atoms with van der Waals surface area (Å²) >= 11 is 5.67. The number of rotatable bonds is 3. The van der Waals surface area contributed by atoms with Crippen LogP contribution >= 0.6 is 11.6 Å². The number of carboxylic acid groups (broad SMARTS) is 1. The first-order valence-electron chi connectivity index (χ1n) is 5.67. The summed E-state index contributed by atoms with van der Waals surface area (Å²) in [5.41, 5.74) is -0.316. The summed E-state index contributed by atoms with van der Waals surface area (Å²) in [4.78, 5) is 30.5. The fourth-order valence-electron chi connectivity index (χ4n) is 2.65. The van der Waals surface area contributed by atoms with Crippen LogP contribution in [0.5, 0.6) is 0 Å². The Morgan fingerprint density at radius 1 is 1.58 bits per heavy atom. The molecule has 2 heterocycles. The number of aromatic nitrogens is 2. The largest absolute Gasteiger partial charge is 0.480 e. The molecule has 1 saturated heterocycles. The van der Waals surface area contributed by atoms with E-state index in [2.05, 4.69) is 9.97 Å². The minimum atomic E-state index is -1.00. The van der Waals surface area contributed by atoms with Gasteiger partial charge in [0.2, 0.25) is 11.1 Å². The second-order valence-corrected chi connectivity index (χ2v) is 5.00. The summed E-state index contributed by atoms with van der Waals surface area (Å²) in [6.45, 7) is 0. The number of carbonyl (C=O) groups is 1. The number of anilines is 1. The highest BCUT2D eigenvalue weighted by Crippen LogP contribution is 2.50. The normalized spacial score (nSPS) is 28.1. The highest BCUT2D eigenvalue weighted by atomic mass is 35.5. The van der Waals surface area contributed by atoms with Crippen LogP contribution in [0.3, 0.4) is 0 Å². The minimum absolute atomic E-state index is 0.00222. The Balaban J connectivity index is 2.07. The molecule has 100 valence electrons. The molecule has 3 atom stereocenters. The van der Waals surface area contributed by atoms with E-state index >= 15 is 0 Å². The van der Waals surface area contributed by atoms with Crippen LogP contribution in [0, 0.1) is 16.0 Å². The van der Waals surface area contributed by atoms with Crippen molar-refractivity contribution in [1.29, 1.82) is 0 Å². The van der Waals surface area contributed by atoms with Crippen molar-refractivity contribution in [2.24, 2.45) is 5.92 Å². The molecule has 3 rings (SSSR count). The number of carboxylic acids is 1. The van der Waals surface area contributed by atoms with Gasteiger partial charge in [-0.05, 0) is 30.4 Å². The molecule has 0 radical (unpaired) electrons. The summed E-state index contributed by atoms with van der Waals surface area (Å²) in [6, 6.07) is -0.779. The van der Waals surface area contributed by atoms with Crippen molar-refractivity contribution in [3.8, 4) is 0 Å². The highest BCUT2D eigenvalue weighted by molar-refractivity contribution is 6.28. The lowest BCUT2D eigenvalue weighted by Gasteiger charge is -2.24. The maximum absolute atomic E-state index is 11.2. The molecule has 0 amide bonds. The number of aliphatic carboxylic acids is 1. The molecule has 1 N–H and O–H groups in total. The topological polar surface area (TPSA) is 109 Å². The average molecular weight is 285 g/mol. The molecule has 3 unspecified atom stereocenters. The highest BCUT2D eigenvalue weighted by Gasteiger charge is 2.56. The predicted octanol–water partition coefficient (Wildman–Crippen LogP) is 1.09. The SMILES string of the molecule is O=C(O)C1CC2CC2N1c1nc(Cl)ncc1[N+](=O)[O-]. The Labute approximate surface area is 112 Å². The first-order chi connectivity index (χ1) is 8.99. The molecule has 9 heteroatoms. The van der Waals surface area contributed by atoms with Crippen molar-refractivity contribution in [1.82, 2.24) is 9.97 Å².